The predicted molar refractivity (Wildman–Crippen MR) is 96.5 cm³/mol. The Morgan fingerprint density at radius 3 is 2.79 bits per heavy atom. The number of amidine groups is 1. The van der Waals surface area contributed by atoms with Gasteiger partial charge in [0.05, 0.1) is 0 Å². The summed E-state index contributed by atoms with van der Waals surface area (Å²) in [5, 5.41) is 3.27. The molecule has 1 aromatic carbocycles. The molecule has 0 amide bonds. The Hall–Kier alpha value is -2.49. The molecule has 24 heavy (non-hydrogen) atoms. The fourth-order valence-electron chi connectivity index (χ4n) is 3.34. The first-order valence-corrected chi connectivity index (χ1v) is 8.35. The molecular formula is C20H23N3O. The maximum absolute atomic E-state index is 12.4. The third-order valence-electron chi connectivity index (χ3n) is 4.52. The molecule has 3 rings (SSSR count). The fraction of sp³-hybridized carbons (Fsp3) is 0.350. The van der Waals surface area contributed by atoms with Crippen molar-refractivity contribution in [1.82, 2.24) is 10.3 Å². The van der Waals surface area contributed by atoms with E-state index in [4.69, 9.17) is 0 Å². The first kappa shape index (κ1) is 16.4. The Morgan fingerprint density at radius 2 is 2.08 bits per heavy atom. The van der Waals surface area contributed by atoms with Gasteiger partial charge in [-0.2, -0.15) is 0 Å². The second-order valence-electron chi connectivity index (χ2n) is 6.39. The molecule has 4 heteroatoms. The number of aliphatic imine (C=N–C) groups is 1. The lowest BCUT2D eigenvalue weighted by Gasteiger charge is -2.11. The van der Waals surface area contributed by atoms with E-state index >= 15 is 0 Å². The first-order chi connectivity index (χ1) is 11.6. The van der Waals surface area contributed by atoms with Crippen molar-refractivity contribution in [2.75, 3.05) is 7.05 Å². The number of pyridine rings is 1. The topological polar surface area (TPSA) is 54.4 Å². The van der Waals surface area contributed by atoms with Gasteiger partial charge < -0.3 is 5.32 Å². The zero-order valence-corrected chi connectivity index (χ0v) is 14.5. The largest absolute Gasteiger partial charge is 0.366 e. The molecule has 0 spiro atoms. The number of carbonyl (C=O) groups is 1. The standard InChI is InChI=1S/C20H23N3O/c1-13(15-7-5-4-6-8-15)9-18(24)11-17-10-16-12-22-20(21-3)19(16)14(2)23-17/h4-8,10,13H,9,11-12H2,1-3H3,(H,21,22)/t13-/m0/s1. The lowest BCUT2D eigenvalue weighted by Crippen LogP contribution is -2.15. The normalized spacial score (nSPS) is 15.9. The summed E-state index contributed by atoms with van der Waals surface area (Å²) in [6, 6.07) is 12.2. The van der Waals surface area contributed by atoms with Crippen LogP contribution in [0.25, 0.3) is 0 Å². The molecule has 0 saturated carbocycles. The summed E-state index contributed by atoms with van der Waals surface area (Å²) in [5.74, 6) is 1.36. The minimum atomic E-state index is 0.230. The number of rotatable bonds is 5. The Kier molecular flexibility index (Phi) is 4.74. The van der Waals surface area contributed by atoms with E-state index in [0.29, 0.717) is 12.8 Å². The van der Waals surface area contributed by atoms with Crippen molar-refractivity contribution in [2.45, 2.75) is 39.2 Å². The van der Waals surface area contributed by atoms with Gasteiger partial charge in [-0.25, -0.2) is 0 Å². The lowest BCUT2D eigenvalue weighted by atomic mass is 9.94. The number of benzene rings is 1. The Morgan fingerprint density at radius 1 is 1.33 bits per heavy atom. The second kappa shape index (κ2) is 6.95. The number of hydrogen-bond donors (Lipinski definition) is 1. The molecule has 124 valence electrons. The number of ketones is 1. The van der Waals surface area contributed by atoms with E-state index in [1.165, 1.54) is 11.1 Å². The lowest BCUT2D eigenvalue weighted by molar-refractivity contribution is -0.118. The number of hydrogen-bond acceptors (Lipinski definition) is 3. The Bertz CT molecular complexity index is 781. The van der Waals surface area contributed by atoms with Crippen molar-refractivity contribution >= 4 is 11.6 Å². The number of nitrogens with one attached hydrogen (secondary N) is 1. The number of Topliss-reactive ketones (excluding diaryl/α,β-unsaturated/α-hetero) is 1. The van der Waals surface area contributed by atoms with Gasteiger partial charge in [0.1, 0.15) is 11.6 Å². The van der Waals surface area contributed by atoms with Crippen molar-refractivity contribution in [3.05, 3.63) is 64.5 Å². The van der Waals surface area contributed by atoms with Crippen LogP contribution in [0.3, 0.4) is 0 Å². The highest BCUT2D eigenvalue weighted by molar-refractivity contribution is 6.03. The summed E-state index contributed by atoms with van der Waals surface area (Å²) in [4.78, 5) is 21.3. The van der Waals surface area contributed by atoms with E-state index < -0.39 is 0 Å². The van der Waals surface area contributed by atoms with Crippen molar-refractivity contribution in [3.63, 3.8) is 0 Å². The van der Waals surface area contributed by atoms with Crippen LogP contribution in [0.1, 0.15) is 47.3 Å². The molecule has 0 saturated heterocycles. The van der Waals surface area contributed by atoms with Crippen LogP contribution in [-0.2, 0) is 17.8 Å². The molecular weight excluding hydrogens is 298 g/mol. The molecule has 0 aliphatic carbocycles. The van der Waals surface area contributed by atoms with Gasteiger partial charge in [-0.15, -0.1) is 0 Å². The molecule has 4 nitrogen and oxygen atoms in total. The van der Waals surface area contributed by atoms with E-state index in [-0.39, 0.29) is 11.7 Å². The molecule has 0 radical (unpaired) electrons. The molecule has 0 bridgehead atoms. The number of nitrogens with zero attached hydrogens (tertiary/aromatic N) is 2. The predicted octanol–water partition coefficient (Wildman–Crippen LogP) is 3.18. The average Bonchev–Trinajstić information content (AvgIpc) is 2.99. The SMILES string of the molecule is CN=C1NCc2cc(CC(=O)C[C@H](C)c3ccccc3)nc(C)c21. The molecule has 0 unspecified atom stereocenters. The summed E-state index contributed by atoms with van der Waals surface area (Å²) in [7, 11) is 1.78. The summed E-state index contributed by atoms with van der Waals surface area (Å²) < 4.78 is 0. The van der Waals surface area contributed by atoms with Crippen LogP contribution in [0.15, 0.2) is 41.4 Å². The number of carbonyl (C=O) groups excluding carboxylic acids is 1. The van der Waals surface area contributed by atoms with Gasteiger partial charge in [0, 0.05) is 43.4 Å². The summed E-state index contributed by atoms with van der Waals surface area (Å²) >= 11 is 0. The quantitative estimate of drug-likeness (QED) is 0.920. The van der Waals surface area contributed by atoms with Gasteiger partial charge in [0.2, 0.25) is 0 Å². The van der Waals surface area contributed by atoms with Crippen LogP contribution in [0, 0.1) is 6.92 Å². The highest BCUT2D eigenvalue weighted by Gasteiger charge is 2.21. The van der Waals surface area contributed by atoms with E-state index in [0.717, 1.165) is 29.3 Å². The Labute approximate surface area is 143 Å². The monoisotopic (exact) mass is 321 g/mol. The molecule has 1 aromatic heterocycles. The van der Waals surface area contributed by atoms with Crippen LogP contribution in [0.2, 0.25) is 0 Å². The number of fused-ring (bicyclic) bond motifs is 1. The number of aromatic nitrogens is 1. The van der Waals surface area contributed by atoms with E-state index in [1.807, 2.05) is 31.2 Å². The zero-order chi connectivity index (χ0) is 17.1. The van der Waals surface area contributed by atoms with Crippen molar-refractivity contribution < 1.29 is 4.79 Å². The Balaban J connectivity index is 1.71. The number of aryl methyl sites for hydroxylation is 1. The second-order valence-corrected chi connectivity index (χ2v) is 6.39. The molecule has 1 aliphatic heterocycles. The van der Waals surface area contributed by atoms with Gasteiger partial charge in [-0.3, -0.25) is 14.8 Å². The summed E-state index contributed by atoms with van der Waals surface area (Å²) in [5.41, 5.74) is 5.28. The van der Waals surface area contributed by atoms with Crippen LogP contribution < -0.4 is 5.32 Å². The molecule has 2 heterocycles. The zero-order valence-electron chi connectivity index (χ0n) is 14.5. The van der Waals surface area contributed by atoms with Crippen molar-refractivity contribution in [3.8, 4) is 0 Å². The smallest absolute Gasteiger partial charge is 0.139 e. The highest BCUT2D eigenvalue weighted by Crippen LogP contribution is 2.22. The average molecular weight is 321 g/mol. The summed E-state index contributed by atoms with van der Waals surface area (Å²) in [6.45, 7) is 4.84. The van der Waals surface area contributed by atoms with E-state index in [2.05, 4.69) is 34.3 Å². The highest BCUT2D eigenvalue weighted by atomic mass is 16.1. The van der Waals surface area contributed by atoms with Crippen LogP contribution in [0.4, 0.5) is 0 Å². The van der Waals surface area contributed by atoms with Crippen LogP contribution in [0.5, 0.6) is 0 Å². The van der Waals surface area contributed by atoms with Gasteiger partial charge in [0.15, 0.2) is 0 Å². The third kappa shape index (κ3) is 3.37. The molecule has 1 N–H and O–H groups in total. The first-order valence-electron chi connectivity index (χ1n) is 8.35. The molecule has 2 aromatic rings. The minimum Gasteiger partial charge on any atom is -0.366 e. The van der Waals surface area contributed by atoms with Crippen molar-refractivity contribution in [1.29, 1.82) is 0 Å². The minimum absolute atomic E-state index is 0.230. The van der Waals surface area contributed by atoms with E-state index in [1.54, 1.807) is 7.05 Å². The van der Waals surface area contributed by atoms with Gasteiger partial charge >= 0.3 is 0 Å². The van der Waals surface area contributed by atoms with Gasteiger partial charge in [0.25, 0.3) is 0 Å². The van der Waals surface area contributed by atoms with Gasteiger partial charge in [-0.1, -0.05) is 37.3 Å². The molecule has 1 aliphatic rings. The maximum atomic E-state index is 12.4. The third-order valence-corrected chi connectivity index (χ3v) is 4.52. The molecule has 1 atom stereocenters. The van der Waals surface area contributed by atoms with Crippen molar-refractivity contribution in [2.24, 2.45) is 4.99 Å². The van der Waals surface area contributed by atoms with E-state index in [9.17, 15) is 4.79 Å². The van der Waals surface area contributed by atoms with Gasteiger partial charge in [-0.05, 0) is 30.0 Å². The maximum Gasteiger partial charge on any atom is 0.139 e. The summed E-state index contributed by atoms with van der Waals surface area (Å²) in [6.07, 6.45) is 0.936. The molecule has 0 fully saturated rings. The van der Waals surface area contributed by atoms with Crippen LogP contribution >= 0.6 is 0 Å². The fourth-order valence-corrected chi connectivity index (χ4v) is 3.34. The van der Waals surface area contributed by atoms with Crippen LogP contribution in [-0.4, -0.2) is 23.7 Å².